The van der Waals surface area contributed by atoms with Crippen LogP contribution in [0.4, 0.5) is 13.2 Å². The molecule has 1 N–H and O–H groups in total. The van der Waals surface area contributed by atoms with Crippen LogP contribution in [0.15, 0.2) is 42.5 Å². The lowest BCUT2D eigenvalue weighted by Crippen LogP contribution is -2.49. The lowest BCUT2D eigenvalue weighted by atomic mass is 9.96. The second-order valence-corrected chi connectivity index (χ2v) is 6.59. The summed E-state index contributed by atoms with van der Waals surface area (Å²) in [6.45, 7) is 2.69. The molecule has 0 radical (unpaired) electrons. The number of alkyl halides is 3. The molecule has 1 aromatic heterocycles. The number of likely N-dealkylation sites (tertiary alicyclic amines) is 1. The summed E-state index contributed by atoms with van der Waals surface area (Å²) in [6, 6.07) is 10.8. The first-order valence-corrected chi connectivity index (χ1v) is 8.24. The maximum absolute atomic E-state index is 13.1. The van der Waals surface area contributed by atoms with Crippen LogP contribution in [0.5, 0.6) is 0 Å². The van der Waals surface area contributed by atoms with Gasteiger partial charge in [-0.15, -0.1) is 0 Å². The molecule has 1 fully saturated rings. The van der Waals surface area contributed by atoms with E-state index in [1.54, 1.807) is 0 Å². The predicted octanol–water partition coefficient (Wildman–Crippen LogP) is 4.13. The Morgan fingerprint density at radius 1 is 1.19 bits per heavy atom. The first-order valence-electron chi connectivity index (χ1n) is 8.24. The molecule has 2 aromatic carbocycles. The Hall–Kier alpha value is -2.83. The van der Waals surface area contributed by atoms with Crippen LogP contribution >= 0.6 is 0 Å². The van der Waals surface area contributed by atoms with Gasteiger partial charge in [0.1, 0.15) is 5.82 Å². The summed E-state index contributed by atoms with van der Waals surface area (Å²) < 4.78 is 39.3. The standard InChI is InChI=1S/C19H16F3N3O/c1-11-6-7-15-16(8-11)24-17(23-15)12-9-25(10-12)18(26)13-4-2-3-5-14(13)19(20,21)22/h2-8,12H,9-10H2,1H3,(H,23,24). The van der Waals surface area contributed by atoms with Crippen molar-refractivity contribution in [3.8, 4) is 0 Å². The number of fused-ring (bicyclic) bond motifs is 1. The van der Waals surface area contributed by atoms with Crippen molar-refractivity contribution in [2.75, 3.05) is 13.1 Å². The largest absolute Gasteiger partial charge is 0.417 e. The van der Waals surface area contributed by atoms with Gasteiger partial charge in [-0.2, -0.15) is 13.2 Å². The highest BCUT2D eigenvalue weighted by Gasteiger charge is 2.39. The van der Waals surface area contributed by atoms with E-state index >= 15 is 0 Å². The molecule has 2 heterocycles. The highest BCUT2D eigenvalue weighted by Crippen LogP contribution is 2.34. The molecule has 0 spiro atoms. The SMILES string of the molecule is Cc1ccc2nc(C3CN(C(=O)c4ccccc4C(F)(F)F)C3)[nH]c2c1. The van der Waals surface area contributed by atoms with Gasteiger partial charge in [0.2, 0.25) is 0 Å². The van der Waals surface area contributed by atoms with Crippen LogP contribution in [-0.4, -0.2) is 33.9 Å². The summed E-state index contributed by atoms with van der Waals surface area (Å²) in [5, 5.41) is 0. The fourth-order valence-corrected chi connectivity index (χ4v) is 3.24. The van der Waals surface area contributed by atoms with Gasteiger partial charge in [0.25, 0.3) is 5.91 Å². The molecule has 26 heavy (non-hydrogen) atoms. The number of H-pyrrole nitrogens is 1. The van der Waals surface area contributed by atoms with Gasteiger partial charge >= 0.3 is 6.18 Å². The van der Waals surface area contributed by atoms with Gasteiger partial charge in [-0.25, -0.2) is 4.98 Å². The second-order valence-electron chi connectivity index (χ2n) is 6.59. The monoisotopic (exact) mass is 359 g/mol. The van der Waals surface area contributed by atoms with E-state index in [-0.39, 0.29) is 11.5 Å². The van der Waals surface area contributed by atoms with Crippen LogP contribution in [0, 0.1) is 6.92 Å². The van der Waals surface area contributed by atoms with Gasteiger partial charge < -0.3 is 9.88 Å². The van der Waals surface area contributed by atoms with Crippen LogP contribution in [0.25, 0.3) is 11.0 Å². The zero-order valence-corrected chi connectivity index (χ0v) is 14.0. The molecule has 1 saturated heterocycles. The minimum absolute atomic E-state index is 0.00436. The van der Waals surface area contributed by atoms with Gasteiger partial charge in [0, 0.05) is 13.1 Å². The summed E-state index contributed by atoms with van der Waals surface area (Å²) >= 11 is 0. The van der Waals surface area contributed by atoms with Crippen molar-refractivity contribution >= 4 is 16.9 Å². The third kappa shape index (κ3) is 2.83. The smallest absolute Gasteiger partial charge is 0.342 e. The maximum atomic E-state index is 13.1. The van der Waals surface area contributed by atoms with Crippen molar-refractivity contribution in [2.24, 2.45) is 0 Å². The highest BCUT2D eigenvalue weighted by atomic mass is 19.4. The Kier molecular flexibility index (Phi) is 3.75. The molecule has 0 aliphatic carbocycles. The van der Waals surface area contributed by atoms with E-state index < -0.39 is 17.6 Å². The number of nitrogens with zero attached hydrogens (tertiary/aromatic N) is 2. The molecular formula is C19H16F3N3O. The number of aromatic amines is 1. The number of amides is 1. The number of imidazole rings is 1. The average Bonchev–Trinajstić information content (AvgIpc) is 2.95. The molecule has 134 valence electrons. The van der Waals surface area contributed by atoms with Crippen molar-refractivity contribution in [2.45, 2.75) is 19.0 Å². The van der Waals surface area contributed by atoms with Crippen LogP contribution in [0.3, 0.4) is 0 Å². The summed E-state index contributed by atoms with van der Waals surface area (Å²) in [6.07, 6.45) is -4.55. The fraction of sp³-hybridized carbons (Fsp3) is 0.263. The minimum Gasteiger partial charge on any atom is -0.342 e. The van der Waals surface area contributed by atoms with Gasteiger partial charge in [0.05, 0.1) is 28.1 Å². The van der Waals surface area contributed by atoms with Crippen molar-refractivity contribution in [3.63, 3.8) is 0 Å². The third-order valence-corrected chi connectivity index (χ3v) is 4.67. The normalized spacial score (nSPS) is 15.3. The molecular weight excluding hydrogens is 343 g/mol. The Bertz CT molecular complexity index is 987. The maximum Gasteiger partial charge on any atom is 0.417 e. The van der Waals surface area contributed by atoms with E-state index in [1.165, 1.54) is 23.1 Å². The molecule has 0 saturated carbocycles. The lowest BCUT2D eigenvalue weighted by Gasteiger charge is -2.38. The predicted molar refractivity (Wildman–Crippen MR) is 90.9 cm³/mol. The minimum atomic E-state index is -4.55. The van der Waals surface area contributed by atoms with Gasteiger partial charge in [-0.05, 0) is 36.8 Å². The molecule has 4 rings (SSSR count). The van der Waals surface area contributed by atoms with Crippen molar-refractivity contribution < 1.29 is 18.0 Å². The first-order chi connectivity index (χ1) is 12.3. The van der Waals surface area contributed by atoms with Crippen LogP contribution in [0.1, 0.15) is 33.2 Å². The number of benzene rings is 2. The van der Waals surface area contributed by atoms with E-state index in [9.17, 15) is 18.0 Å². The quantitative estimate of drug-likeness (QED) is 0.748. The summed E-state index contributed by atoms with van der Waals surface area (Å²) in [5.41, 5.74) is 1.68. The number of nitrogens with one attached hydrogen (secondary N) is 1. The van der Waals surface area contributed by atoms with Crippen LogP contribution < -0.4 is 0 Å². The molecule has 0 atom stereocenters. The third-order valence-electron chi connectivity index (χ3n) is 4.67. The van der Waals surface area contributed by atoms with Crippen molar-refractivity contribution in [1.29, 1.82) is 0 Å². The van der Waals surface area contributed by atoms with Gasteiger partial charge in [-0.3, -0.25) is 4.79 Å². The Labute approximate surface area is 147 Å². The molecule has 7 heteroatoms. The number of hydrogen-bond acceptors (Lipinski definition) is 2. The Morgan fingerprint density at radius 3 is 2.65 bits per heavy atom. The van der Waals surface area contributed by atoms with E-state index in [0.29, 0.717) is 13.1 Å². The van der Waals surface area contributed by atoms with Crippen molar-refractivity contribution in [3.05, 3.63) is 65.0 Å². The Balaban J connectivity index is 1.52. The molecule has 0 bridgehead atoms. The second kappa shape index (κ2) is 5.86. The van der Waals surface area contributed by atoms with Gasteiger partial charge in [-0.1, -0.05) is 18.2 Å². The molecule has 3 aromatic rings. The fourth-order valence-electron chi connectivity index (χ4n) is 3.24. The number of carbonyl (C=O) groups is 1. The summed E-state index contributed by atoms with van der Waals surface area (Å²) in [4.78, 5) is 21.7. The van der Waals surface area contributed by atoms with Crippen molar-refractivity contribution in [1.82, 2.24) is 14.9 Å². The lowest BCUT2D eigenvalue weighted by molar-refractivity contribution is -0.138. The highest BCUT2D eigenvalue weighted by molar-refractivity contribution is 5.96. The number of hydrogen-bond donors (Lipinski definition) is 1. The molecule has 1 aliphatic heterocycles. The topological polar surface area (TPSA) is 49.0 Å². The molecule has 1 amide bonds. The summed E-state index contributed by atoms with van der Waals surface area (Å²) in [5.74, 6) is 0.171. The number of carbonyl (C=O) groups excluding carboxylic acids is 1. The zero-order chi connectivity index (χ0) is 18.5. The first kappa shape index (κ1) is 16.6. The zero-order valence-electron chi connectivity index (χ0n) is 14.0. The Morgan fingerprint density at radius 2 is 1.92 bits per heavy atom. The van der Waals surface area contributed by atoms with Crippen LogP contribution in [0.2, 0.25) is 0 Å². The van der Waals surface area contributed by atoms with E-state index in [0.717, 1.165) is 28.5 Å². The van der Waals surface area contributed by atoms with E-state index in [1.807, 2.05) is 25.1 Å². The summed E-state index contributed by atoms with van der Waals surface area (Å²) in [7, 11) is 0. The van der Waals surface area contributed by atoms with E-state index in [2.05, 4.69) is 9.97 Å². The number of halogens is 3. The number of aryl methyl sites for hydroxylation is 1. The van der Waals surface area contributed by atoms with Crippen LogP contribution in [-0.2, 0) is 6.18 Å². The van der Waals surface area contributed by atoms with E-state index in [4.69, 9.17) is 0 Å². The van der Waals surface area contributed by atoms with Gasteiger partial charge in [0.15, 0.2) is 0 Å². The molecule has 4 nitrogen and oxygen atoms in total. The average molecular weight is 359 g/mol. The number of rotatable bonds is 2. The molecule has 0 unspecified atom stereocenters. The number of aromatic nitrogens is 2. The molecule has 1 aliphatic rings.